The largest absolute Gasteiger partial charge is 0.399 e. The average molecular weight is 257 g/mol. The number of benzene rings is 1. The molecule has 1 aliphatic heterocycles. The molecule has 0 bridgehead atoms. The van der Waals surface area contributed by atoms with E-state index in [1.807, 2.05) is 24.3 Å². The van der Waals surface area contributed by atoms with Crippen LogP contribution < -0.4 is 5.73 Å². The van der Waals surface area contributed by atoms with Crippen LogP contribution in [0, 0.1) is 0 Å². The minimum atomic E-state index is 0.726. The molecule has 3 N–H and O–H groups in total. The van der Waals surface area contributed by atoms with Gasteiger partial charge in [-0.05, 0) is 38.1 Å². The number of aromatic nitrogens is 3. The minimum absolute atomic E-state index is 0.726. The van der Waals surface area contributed by atoms with E-state index in [4.69, 9.17) is 5.73 Å². The molecular formula is C14H19N5. The third kappa shape index (κ3) is 2.93. The van der Waals surface area contributed by atoms with Gasteiger partial charge in [-0.2, -0.15) is 5.10 Å². The van der Waals surface area contributed by atoms with Crippen molar-refractivity contribution in [1.29, 1.82) is 0 Å². The highest BCUT2D eigenvalue weighted by Gasteiger charge is 2.12. The van der Waals surface area contributed by atoms with Gasteiger partial charge in [0.1, 0.15) is 5.82 Å². The predicted octanol–water partition coefficient (Wildman–Crippen LogP) is 1.69. The normalized spacial score (nSPS) is 16.0. The number of nitrogens with two attached hydrogens (primary N) is 1. The smallest absolute Gasteiger partial charge is 0.181 e. The number of hydrogen-bond acceptors (Lipinski definition) is 4. The molecule has 0 unspecified atom stereocenters. The third-order valence-corrected chi connectivity index (χ3v) is 3.54. The number of H-pyrrole nitrogens is 1. The highest BCUT2D eigenvalue weighted by molar-refractivity contribution is 5.60. The number of nitrogen functional groups attached to an aromatic ring is 1. The van der Waals surface area contributed by atoms with Crippen molar-refractivity contribution < 1.29 is 0 Å². The molecule has 19 heavy (non-hydrogen) atoms. The summed E-state index contributed by atoms with van der Waals surface area (Å²) in [5.74, 6) is 1.67. The van der Waals surface area contributed by atoms with Crippen molar-refractivity contribution in [2.45, 2.75) is 19.3 Å². The van der Waals surface area contributed by atoms with E-state index in [1.54, 1.807) is 0 Å². The summed E-state index contributed by atoms with van der Waals surface area (Å²) in [6.07, 6.45) is 3.57. The molecule has 1 fully saturated rings. The van der Waals surface area contributed by atoms with Gasteiger partial charge in [0.15, 0.2) is 5.82 Å². The summed E-state index contributed by atoms with van der Waals surface area (Å²) in [6.45, 7) is 3.50. The molecule has 1 aromatic heterocycles. The minimum Gasteiger partial charge on any atom is -0.399 e. The zero-order valence-electron chi connectivity index (χ0n) is 11.0. The van der Waals surface area contributed by atoms with Gasteiger partial charge in [0.05, 0.1) is 0 Å². The number of rotatable bonds is 4. The van der Waals surface area contributed by atoms with E-state index in [2.05, 4.69) is 20.1 Å². The Morgan fingerprint density at radius 3 is 2.89 bits per heavy atom. The van der Waals surface area contributed by atoms with E-state index >= 15 is 0 Å². The van der Waals surface area contributed by atoms with E-state index in [0.29, 0.717) is 0 Å². The molecule has 1 saturated heterocycles. The third-order valence-electron chi connectivity index (χ3n) is 3.54. The topological polar surface area (TPSA) is 70.8 Å². The molecule has 1 aliphatic rings. The van der Waals surface area contributed by atoms with Gasteiger partial charge in [0, 0.05) is 24.2 Å². The van der Waals surface area contributed by atoms with Crippen molar-refractivity contribution in [2.75, 3.05) is 25.4 Å². The van der Waals surface area contributed by atoms with Gasteiger partial charge in [-0.1, -0.05) is 12.1 Å². The first-order valence-electron chi connectivity index (χ1n) is 6.81. The Kier molecular flexibility index (Phi) is 3.46. The lowest BCUT2D eigenvalue weighted by atomic mass is 10.2. The molecule has 0 atom stereocenters. The number of anilines is 1. The fourth-order valence-electron chi connectivity index (χ4n) is 2.48. The lowest BCUT2D eigenvalue weighted by Gasteiger charge is -2.12. The van der Waals surface area contributed by atoms with Crippen LogP contribution in [0.15, 0.2) is 24.3 Å². The second-order valence-corrected chi connectivity index (χ2v) is 5.03. The van der Waals surface area contributed by atoms with E-state index in [0.717, 1.165) is 35.9 Å². The SMILES string of the molecule is Nc1cccc(-c2n[nH]c(CCN3CCCC3)n2)c1. The molecule has 5 heteroatoms. The summed E-state index contributed by atoms with van der Waals surface area (Å²) in [6, 6.07) is 7.66. The van der Waals surface area contributed by atoms with Crippen molar-refractivity contribution in [1.82, 2.24) is 20.1 Å². The van der Waals surface area contributed by atoms with E-state index in [1.165, 1.54) is 25.9 Å². The molecule has 0 radical (unpaired) electrons. The summed E-state index contributed by atoms with van der Waals surface area (Å²) >= 11 is 0. The van der Waals surface area contributed by atoms with Crippen LogP contribution in [0.4, 0.5) is 5.69 Å². The number of nitrogens with one attached hydrogen (secondary N) is 1. The first-order chi connectivity index (χ1) is 9.31. The number of aromatic amines is 1. The van der Waals surface area contributed by atoms with Crippen LogP contribution in [-0.2, 0) is 6.42 Å². The van der Waals surface area contributed by atoms with E-state index in [9.17, 15) is 0 Å². The molecule has 3 rings (SSSR count). The molecule has 100 valence electrons. The van der Waals surface area contributed by atoms with E-state index in [-0.39, 0.29) is 0 Å². The Morgan fingerprint density at radius 2 is 2.11 bits per heavy atom. The zero-order chi connectivity index (χ0) is 13.1. The maximum Gasteiger partial charge on any atom is 0.181 e. The first kappa shape index (κ1) is 12.2. The monoisotopic (exact) mass is 257 g/mol. The van der Waals surface area contributed by atoms with Crippen LogP contribution in [0.5, 0.6) is 0 Å². The van der Waals surface area contributed by atoms with Crippen molar-refractivity contribution >= 4 is 5.69 Å². The van der Waals surface area contributed by atoms with Crippen molar-refractivity contribution in [3.05, 3.63) is 30.1 Å². The fraction of sp³-hybridized carbons (Fsp3) is 0.429. The Labute approximate surface area is 112 Å². The van der Waals surface area contributed by atoms with Crippen molar-refractivity contribution in [2.24, 2.45) is 0 Å². The summed E-state index contributed by atoms with van der Waals surface area (Å²) in [7, 11) is 0. The van der Waals surface area contributed by atoms with Crippen molar-refractivity contribution in [3.63, 3.8) is 0 Å². The fourth-order valence-corrected chi connectivity index (χ4v) is 2.48. The number of nitrogens with zero attached hydrogens (tertiary/aromatic N) is 3. The summed E-state index contributed by atoms with van der Waals surface area (Å²) in [5, 5.41) is 7.28. The molecule has 0 saturated carbocycles. The zero-order valence-corrected chi connectivity index (χ0v) is 11.0. The van der Waals surface area contributed by atoms with Crippen LogP contribution in [0.1, 0.15) is 18.7 Å². The van der Waals surface area contributed by atoms with Crippen LogP contribution in [0.3, 0.4) is 0 Å². The van der Waals surface area contributed by atoms with Gasteiger partial charge < -0.3 is 10.6 Å². The Morgan fingerprint density at radius 1 is 1.26 bits per heavy atom. The number of hydrogen-bond donors (Lipinski definition) is 2. The molecule has 2 aromatic rings. The quantitative estimate of drug-likeness (QED) is 0.818. The molecule has 0 amide bonds. The second-order valence-electron chi connectivity index (χ2n) is 5.03. The van der Waals surface area contributed by atoms with Gasteiger partial charge in [-0.25, -0.2) is 4.98 Å². The summed E-state index contributed by atoms with van der Waals surface area (Å²) in [4.78, 5) is 7.01. The van der Waals surface area contributed by atoms with Crippen molar-refractivity contribution in [3.8, 4) is 11.4 Å². The molecule has 1 aromatic carbocycles. The second kappa shape index (κ2) is 5.40. The van der Waals surface area contributed by atoms with Gasteiger partial charge in [-0.15, -0.1) is 0 Å². The van der Waals surface area contributed by atoms with Gasteiger partial charge in [-0.3, -0.25) is 5.10 Å². The van der Waals surface area contributed by atoms with Gasteiger partial charge >= 0.3 is 0 Å². The van der Waals surface area contributed by atoms with Crippen LogP contribution in [0.2, 0.25) is 0 Å². The first-order valence-corrected chi connectivity index (χ1v) is 6.81. The predicted molar refractivity (Wildman–Crippen MR) is 75.6 cm³/mol. The Hall–Kier alpha value is -1.88. The average Bonchev–Trinajstić information content (AvgIpc) is 3.08. The molecule has 0 spiro atoms. The van der Waals surface area contributed by atoms with E-state index < -0.39 is 0 Å². The van der Waals surface area contributed by atoms with Gasteiger partial charge in [0.2, 0.25) is 0 Å². The Bertz CT molecular complexity index is 542. The summed E-state index contributed by atoms with van der Waals surface area (Å²) in [5.41, 5.74) is 7.47. The molecule has 0 aliphatic carbocycles. The molecule has 5 nitrogen and oxygen atoms in total. The standard InChI is InChI=1S/C14H19N5/c15-12-5-3-4-11(10-12)14-16-13(17-18-14)6-9-19-7-1-2-8-19/h3-5,10H,1-2,6-9,15H2,(H,16,17,18). The number of likely N-dealkylation sites (tertiary alicyclic amines) is 1. The Balaban J connectivity index is 1.65. The molecular weight excluding hydrogens is 238 g/mol. The van der Waals surface area contributed by atoms with Crippen LogP contribution in [0.25, 0.3) is 11.4 Å². The lowest BCUT2D eigenvalue weighted by Crippen LogP contribution is -2.22. The highest BCUT2D eigenvalue weighted by Crippen LogP contribution is 2.17. The van der Waals surface area contributed by atoms with Crippen LogP contribution in [-0.4, -0.2) is 39.7 Å². The molecule has 2 heterocycles. The summed E-state index contributed by atoms with van der Waals surface area (Å²) < 4.78 is 0. The van der Waals surface area contributed by atoms with Crippen LogP contribution >= 0.6 is 0 Å². The van der Waals surface area contributed by atoms with Gasteiger partial charge in [0.25, 0.3) is 0 Å². The highest BCUT2D eigenvalue weighted by atomic mass is 15.2. The maximum absolute atomic E-state index is 5.77. The maximum atomic E-state index is 5.77. The lowest BCUT2D eigenvalue weighted by molar-refractivity contribution is 0.341.